The van der Waals surface area contributed by atoms with Crippen molar-refractivity contribution in [1.82, 2.24) is 0 Å². The first-order valence-corrected chi connectivity index (χ1v) is 8.65. The van der Waals surface area contributed by atoms with Gasteiger partial charge in [-0.25, -0.2) is 4.39 Å². The first-order valence-electron chi connectivity index (χ1n) is 8.65. The van der Waals surface area contributed by atoms with E-state index in [0.29, 0.717) is 22.5 Å². The Kier molecular flexibility index (Phi) is 4.97. The molecule has 4 N–H and O–H groups in total. The van der Waals surface area contributed by atoms with Gasteiger partial charge in [-0.2, -0.15) is 0 Å². The van der Waals surface area contributed by atoms with Crippen molar-refractivity contribution in [2.45, 2.75) is 39.6 Å². The fourth-order valence-corrected chi connectivity index (χ4v) is 3.27. The summed E-state index contributed by atoms with van der Waals surface area (Å²) in [6, 6.07) is 8.93. The van der Waals surface area contributed by atoms with Crippen molar-refractivity contribution >= 4 is 17.3 Å². The molecule has 2 aromatic carbocycles. The number of aliphatic hydroxyl groups excluding tert-OH is 1. The molecule has 144 valence electrons. The predicted octanol–water partition coefficient (Wildman–Crippen LogP) is 3.65. The molecule has 1 aliphatic heterocycles. The summed E-state index contributed by atoms with van der Waals surface area (Å²) < 4.78 is 18.6. The summed E-state index contributed by atoms with van der Waals surface area (Å²) in [4.78, 5) is 11.7. The zero-order valence-corrected chi connectivity index (χ0v) is 15.4. The number of aliphatic hydroxyl groups is 1. The Bertz CT molecular complexity index is 869. The number of hydrogen-bond acceptors (Lipinski definition) is 6. The van der Waals surface area contributed by atoms with E-state index in [0.717, 1.165) is 0 Å². The molecule has 0 saturated carbocycles. The monoisotopic (exact) mass is 374 g/mol. The van der Waals surface area contributed by atoms with Gasteiger partial charge in [-0.3, -0.25) is 4.79 Å². The average Bonchev–Trinajstić information content (AvgIpc) is 2.84. The maximum atomic E-state index is 13.2. The first-order chi connectivity index (χ1) is 12.7. The Morgan fingerprint density at radius 3 is 2.59 bits per heavy atom. The molecular weight excluding hydrogens is 351 g/mol. The highest BCUT2D eigenvalue weighted by atomic mass is 19.1. The largest absolute Gasteiger partial charge is 0.508 e. The average molecular weight is 374 g/mol. The van der Waals surface area contributed by atoms with Gasteiger partial charge in [-0.15, -0.1) is 0 Å². The van der Waals surface area contributed by atoms with E-state index in [1.165, 1.54) is 24.3 Å². The molecule has 0 spiro atoms. The highest BCUT2D eigenvalue weighted by Gasteiger charge is 2.43. The Balaban J connectivity index is 1.77. The summed E-state index contributed by atoms with van der Waals surface area (Å²) in [7, 11) is 0. The van der Waals surface area contributed by atoms with E-state index in [4.69, 9.17) is 4.74 Å². The second-order valence-corrected chi connectivity index (χ2v) is 7.46. The van der Waals surface area contributed by atoms with Crippen molar-refractivity contribution in [3.8, 4) is 5.75 Å². The van der Waals surface area contributed by atoms with Crippen LogP contribution in [0.5, 0.6) is 5.75 Å². The lowest BCUT2D eigenvalue weighted by Crippen LogP contribution is -2.28. The Hall–Kier alpha value is -2.80. The van der Waals surface area contributed by atoms with Gasteiger partial charge in [0.15, 0.2) is 0 Å². The lowest BCUT2D eigenvalue weighted by molar-refractivity contribution is -0.142. The van der Waals surface area contributed by atoms with E-state index < -0.39 is 17.9 Å². The number of carbonyl (C=O) groups is 1. The van der Waals surface area contributed by atoms with E-state index in [1.807, 2.05) is 13.8 Å². The van der Waals surface area contributed by atoms with Crippen LogP contribution in [-0.4, -0.2) is 22.5 Å². The molecule has 1 aliphatic rings. The summed E-state index contributed by atoms with van der Waals surface area (Å²) in [5, 5.41) is 26.2. The minimum Gasteiger partial charge on any atom is -0.508 e. The van der Waals surface area contributed by atoms with E-state index in [-0.39, 0.29) is 24.0 Å². The normalized spacial score (nSPS) is 19.4. The number of nitrogens with one attached hydrogen (secondary N) is 2. The van der Waals surface area contributed by atoms with E-state index >= 15 is 0 Å². The minimum atomic E-state index is -1.15. The number of ether oxygens (including phenoxy) is 1. The minimum absolute atomic E-state index is 0.0187. The predicted molar refractivity (Wildman–Crippen MR) is 99.7 cm³/mol. The van der Waals surface area contributed by atoms with Gasteiger partial charge in [0.05, 0.1) is 6.42 Å². The number of aryl methyl sites for hydroxylation is 1. The molecule has 3 rings (SSSR count). The van der Waals surface area contributed by atoms with Crippen LogP contribution in [0.4, 0.5) is 15.8 Å². The molecule has 0 aromatic heterocycles. The van der Waals surface area contributed by atoms with Crippen molar-refractivity contribution in [2.75, 3.05) is 10.6 Å². The van der Waals surface area contributed by atoms with Crippen LogP contribution in [0.2, 0.25) is 0 Å². The van der Waals surface area contributed by atoms with Gasteiger partial charge in [0.1, 0.15) is 17.7 Å². The van der Waals surface area contributed by atoms with Crippen LogP contribution in [0.25, 0.3) is 0 Å². The summed E-state index contributed by atoms with van der Waals surface area (Å²) in [5.74, 6) is -0.640. The number of cyclic esters (lactones) is 1. The Labute approximate surface area is 157 Å². The van der Waals surface area contributed by atoms with Crippen LogP contribution in [0.15, 0.2) is 36.4 Å². The number of anilines is 2. The Morgan fingerprint density at radius 1 is 1.22 bits per heavy atom. The molecule has 27 heavy (non-hydrogen) atoms. The molecule has 6 nitrogen and oxygen atoms in total. The zero-order chi connectivity index (χ0) is 19.8. The van der Waals surface area contributed by atoms with Crippen LogP contribution in [-0.2, 0) is 9.53 Å². The lowest BCUT2D eigenvalue weighted by atomic mass is 9.81. The third-order valence-corrected chi connectivity index (χ3v) is 4.65. The Morgan fingerprint density at radius 2 is 1.96 bits per heavy atom. The molecule has 0 amide bonds. The van der Waals surface area contributed by atoms with Gasteiger partial charge in [0.25, 0.3) is 0 Å². The summed E-state index contributed by atoms with van der Waals surface area (Å²) in [6.45, 7) is 5.53. The maximum Gasteiger partial charge on any atom is 0.307 e. The SMILES string of the molecule is Cc1cc(F)ccc1NC(O)Nc1ccc(O)c(C2OC(=O)CC2(C)C)c1. The highest BCUT2D eigenvalue weighted by molar-refractivity contribution is 5.73. The smallest absolute Gasteiger partial charge is 0.307 e. The molecule has 7 heteroatoms. The highest BCUT2D eigenvalue weighted by Crippen LogP contribution is 2.48. The fraction of sp³-hybridized carbons (Fsp3) is 0.350. The van der Waals surface area contributed by atoms with Gasteiger partial charge in [0.2, 0.25) is 6.35 Å². The molecule has 1 heterocycles. The molecule has 0 aliphatic carbocycles. The number of phenols is 1. The second-order valence-electron chi connectivity index (χ2n) is 7.46. The van der Waals surface area contributed by atoms with Crippen LogP contribution in [0.1, 0.15) is 37.5 Å². The van der Waals surface area contributed by atoms with Crippen molar-refractivity contribution in [1.29, 1.82) is 0 Å². The van der Waals surface area contributed by atoms with Crippen molar-refractivity contribution in [3.63, 3.8) is 0 Å². The number of carbonyl (C=O) groups excluding carboxylic acids is 1. The summed E-state index contributed by atoms with van der Waals surface area (Å²) >= 11 is 0. The molecule has 0 bridgehead atoms. The van der Waals surface area contributed by atoms with Gasteiger partial charge < -0.3 is 25.6 Å². The van der Waals surface area contributed by atoms with Crippen LogP contribution < -0.4 is 10.6 Å². The maximum absolute atomic E-state index is 13.2. The van der Waals surface area contributed by atoms with Gasteiger partial charge in [0, 0.05) is 22.4 Å². The van der Waals surface area contributed by atoms with Crippen molar-refractivity contribution in [3.05, 3.63) is 53.3 Å². The summed E-state index contributed by atoms with van der Waals surface area (Å²) in [5.41, 5.74) is 1.79. The van der Waals surface area contributed by atoms with Crippen LogP contribution in [0.3, 0.4) is 0 Å². The van der Waals surface area contributed by atoms with Crippen LogP contribution >= 0.6 is 0 Å². The van der Waals surface area contributed by atoms with Gasteiger partial charge in [-0.05, 0) is 48.9 Å². The third-order valence-electron chi connectivity index (χ3n) is 4.65. The fourth-order valence-electron chi connectivity index (χ4n) is 3.27. The lowest BCUT2D eigenvalue weighted by Gasteiger charge is -2.25. The number of rotatable bonds is 5. The molecule has 2 unspecified atom stereocenters. The van der Waals surface area contributed by atoms with Gasteiger partial charge >= 0.3 is 5.97 Å². The number of phenolic OH excluding ortho intramolecular Hbond substituents is 1. The topological polar surface area (TPSA) is 90.8 Å². The molecular formula is C20H23FN2O4. The van der Waals surface area contributed by atoms with Crippen molar-refractivity contribution in [2.24, 2.45) is 5.41 Å². The van der Waals surface area contributed by atoms with Gasteiger partial charge in [-0.1, -0.05) is 13.8 Å². The number of benzene rings is 2. The summed E-state index contributed by atoms with van der Waals surface area (Å²) in [6.07, 6.45) is -1.45. The van der Waals surface area contributed by atoms with E-state index in [2.05, 4.69) is 10.6 Å². The molecule has 2 aromatic rings. The van der Waals surface area contributed by atoms with E-state index in [1.54, 1.807) is 19.1 Å². The molecule has 1 fully saturated rings. The standard InChI is InChI=1S/C20H23FN2O4/c1-11-8-12(21)4-6-15(11)23-19(26)22-13-5-7-16(24)14(9-13)18-20(2,3)10-17(25)27-18/h4-9,18-19,22-24,26H,10H2,1-3H3. The number of halogens is 1. The second kappa shape index (κ2) is 7.08. The zero-order valence-electron chi connectivity index (χ0n) is 15.4. The number of hydrogen-bond donors (Lipinski definition) is 4. The number of aromatic hydroxyl groups is 1. The van der Waals surface area contributed by atoms with Crippen molar-refractivity contribution < 1.29 is 24.1 Å². The third kappa shape index (κ3) is 4.14. The van der Waals surface area contributed by atoms with Crippen LogP contribution in [0, 0.1) is 18.2 Å². The first kappa shape index (κ1) is 19.0. The number of esters is 1. The molecule has 2 atom stereocenters. The van der Waals surface area contributed by atoms with E-state index in [9.17, 15) is 19.4 Å². The quantitative estimate of drug-likeness (QED) is 0.363. The molecule has 0 radical (unpaired) electrons. The molecule has 1 saturated heterocycles.